The Balaban J connectivity index is 1.96. The molecule has 2 rings (SSSR count). The van der Waals surface area contributed by atoms with Gasteiger partial charge >= 0.3 is 6.01 Å². The number of aromatic amines is 1. The van der Waals surface area contributed by atoms with Gasteiger partial charge in [-0.1, -0.05) is 28.1 Å². The SMILES string of the molecule is COc1n[nH]c(NC(=O)Cc2cccc(Br)c2)n1. The third kappa shape index (κ3) is 3.30. The highest BCUT2D eigenvalue weighted by molar-refractivity contribution is 9.10. The Morgan fingerprint density at radius 3 is 3.06 bits per heavy atom. The third-order valence-electron chi connectivity index (χ3n) is 2.16. The van der Waals surface area contributed by atoms with Crippen molar-refractivity contribution in [2.75, 3.05) is 12.4 Å². The number of anilines is 1. The number of nitrogens with zero attached hydrogens (tertiary/aromatic N) is 2. The zero-order chi connectivity index (χ0) is 13.0. The van der Waals surface area contributed by atoms with E-state index >= 15 is 0 Å². The van der Waals surface area contributed by atoms with E-state index in [1.54, 1.807) is 0 Å². The molecule has 0 saturated carbocycles. The molecule has 7 heteroatoms. The molecule has 2 aromatic rings. The number of rotatable bonds is 4. The minimum Gasteiger partial charge on any atom is -0.466 e. The zero-order valence-corrected chi connectivity index (χ0v) is 11.2. The number of benzene rings is 1. The first-order valence-electron chi connectivity index (χ1n) is 5.18. The normalized spacial score (nSPS) is 10.1. The van der Waals surface area contributed by atoms with Crippen LogP contribution in [0.15, 0.2) is 28.7 Å². The van der Waals surface area contributed by atoms with Crippen molar-refractivity contribution in [3.05, 3.63) is 34.3 Å². The maximum atomic E-state index is 11.7. The maximum Gasteiger partial charge on any atom is 0.336 e. The second-order valence-electron chi connectivity index (χ2n) is 3.53. The molecule has 1 aromatic heterocycles. The molecule has 1 heterocycles. The van der Waals surface area contributed by atoms with E-state index in [0.29, 0.717) is 0 Å². The van der Waals surface area contributed by atoms with Crippen molar-refractivity contribution in [3.8, 4) is 6.01 Å². The Bertz CT molecular complexity index is 555. The van der Waals surface area contributed by atoms with Crippen LogP contribution < -0.4 is 10.1 Å². The van der Waals surface area contributed by atoms with E-state index in [-0.39, 0.29) is 24.3 Å². The third-order valence-corrected chi connectivity index (χ3v) is 2.65. The molecule has 0 unspecified atom stereocenters. The highest BCUT2D eigenvalue weighted by atomic mass is 79.9. The van der Waals surface area contributed by atoms with Crippen molar-refractivity contribution in [1.82, 2.24) is 15.2 Å². The molecule has 0 saturated heterocycles. The van der Waals surface area contributed by atoms with Crippen LogP contribution in [0.3, 0.4) is 0 Å². The lowest BCUT2D eigenvalue weighted by Gasteiger charge is -2.02. The van der Waals surface area contributed by atoms with Crippen molar-refractivity contribution in [2.24, 2.45) is 0 Å². The number of aromatic nitrogens is 3. The number of amides is 1. The predicted molar refractivity (Wildman–Crippen MR) is 69.4 cm³/mol. The number of methoxy groups -OCH3 is 1. The summed E-state index contributed by atoms with van der Waals surface area (Å²) >= 11 is 3.35. The van der Waals surface area contributed by atoms with Gasteiger partial charge in [-0.2, -0.15) is 4.98 Å². The van der Waals surface area contributed by atoms with Gasteiger partial charge < -0.3 is 4.74 Å². The number of H-pyrrole nitrogens is 1. The molecule has 6 nitrogen and oxygen atoms in total. The molecule has 18 heavy (non-hydrogen) atoms. The van der Waals surface area contributed by atoms with Gasteiger partial charge in [0.1, 0.15) is 0 Å². The summed E-state index contributed by atoms with van der Waals surface area (Å²) in [5, 5.41) is 8.89. The average Bonchev–Trinajstić information content (AvgIpc) is 2.76. The molecule has 0 radical (unpaired) electrons. The van der Waals surface area contributed by atoms with E-state index < -0.39 is 0 Å². The van der Waals surface area contributed by atoms with Gasteiger partial charge in [-0.15, -0.1) is 5.10 Å². The predicted octanol–water partition coefficient (Wildman–Crippen LogP) is 1.76. The zero-order valence-electron chi connectivity index (χ0n) is 9.61. The molecule has 1 aromatic carbocycles. The molecule has 0 fully saturated rings. The van der Waals surface area contributed by atoms with Crippen molar-refractivity contribution in [1.29, 1.82) is 0 Å². The second-order valence-corrected chi connectivity index (χ2v) is 4.44. The Hall–Kier alpha value is -1.89. The smallest absolute Gasteiger partial charge is 0.336 e. The molecule has 94 valence electrons. The number of ether oxygens (including phenoxy) is 1. The van der Waals surface area contributed by atoms with Crippen molar-refractivity contribution < 1.29 is 9.53 Å². The van der Waals surface area contributed by atoms with Gasteiger partial charge in [-0.05, 0) is 17.7 Å². The van der Waals surface area contributed by atoms with E-state index in [0.717, 1.165) is 10.0 Å². The highest BCUT2D eigenvalue weighted by Gasteiger charge is 2.08. The van der Waals surface area contributed by atoms with Crippen LogP contribution in [0.5, 0.6) is 6.01 Å². The summed E-state index contributed by atoms with van der Waals surface area (Å²) in [6, 6.07) is 7.74. The molecule has 0 aliphatic rings. The first-order chi connectivity index (χ1) is 8.67. The van der Waals surface area contributed by atoms with E-state index in [1.807, 2.05) is 24.3 Å². The van der Waals surface area contributed by atoms with Crippen LogP contribution in [0.4, 0.5) is 5.95 Å². The first kappa shape index (κ1) is 12.6. The van der Waals surface area contributed by atoms with Gasteiger partial charge in [-0.3, -0.25) is 10.1 Å². The van der Waals surface area contributed by atoms with E-state index in [2.05, 4.69) is 36.4 Å². The summed E-state index contributed by atoms with van der Waals surface area (Å²) in [6.07, 6.45) is 0.266. The van der Waals surface area contributed by atoms with Crippen molar-refractivity contribution in [2.45, 2.75) is 6.42 Å². The van der Waals surface area contributed by atoms with Crippen LogP contribution in [0, 0.1) is 0 Å². The van der Waals surface area contributed by atoms with Crippen molar-refractivity contribution >= 4 is 27.8 Å². The van der Waals surface area contributed by atoms with Gasteiger partial charge in [-0.25, -0.2) is 5.10 Å². The summed E-state index contributed by atoms with van der Waals surface area (Å²) < 4.78 is 5.74. The summed E-state index contributed by atoms with van der Waals surface area (Å²) in [6.45, 7) is 0. The quantitative estimate of drug-likeness (QED) is 0.901. The molecule has 1 amide bonds. The number of carbonyl (C=O) groups is 1. The minimum absolute atomic E-state index is 0.174. The minimum atomic E-state index is -0.174. The van der Waals surface area contributed by atoms with Gasteiger partial charge in [0.2, 0.25) is 11.9 Å². The first-order valence-corrected chi connectivity index (χ1v) is 5.97. The van der Waals surface area contributed by atoms with Gasteiger partial charge in [0.25, 0.3) is 0 Å². The summed E-state index contributed by atoms with van der Waals surface area (Å²) in [7, 11) is 1.45. The number of carbonyl (C=O) groups excluding carboxylic acids is 1. The molecule has 0 aliphatic carbocycles. The standard InChI is InChI=1S/C11H11BrN4O2/c1-18-11-14-10(15-16-11)13-9(17)6-7-3-2-4-8(12)5-7/h2-5H,6H2,1H3,(H2,13,14,15,16,17). The molecule has 0 aliphatic heterocycles. The maximum absolute atomic E-state index is 11.7. The Morgan fingerprint density at radius 2 is 2.39 bits per heavy atom. The van der Waals surface area contributed by atoms with E-state index in [4.69, 9.17) is 4.74 Å². The Kier molecular flexibility index (Phi) is 3.93. The lowest BCUT2D eigenvalue weighted by Crippen LogP contribution is -2.15. The summed E-state index contributed by atoms with van der Waals surface area (Å²) in [4.78, 5) is 15.6. The second kappa shape index (κ2) is 5.63. The van der Waals surface area contributed by atoms with Gasteiger partial charge in [0, 0.05) is 4.47 Å². The lowest BCUT2D eigenvalue weighted by molar-refractivity contribution is -0.115. The Morgan fingerprint density at radius 1 is 1.56 bits per heavy atom. The summed E-state index contributed by atoms with van der Waals surface area (Å²) in [5.41, 5.74) is 0.911. The number of hydrogen-bond donors (Lipinski definition) is 2. The summed E-state index contributed by atoms with van der Waals surface area (Å²) in [5.74, 6) is 0.0961. The van der Waals surface area contributed by atoms with Crippen LogP contribution in [0.2, 0.25) is 0 Å². The fourth-order valence-corrected chi connectivity index (χ4v) is 1.85. The monoisotopic (exact) mass is 310 g/mol. The molecular formula is C11H11BrN4O2. The number of nitrogens with one attached hydrogen (secondary N) is 2. The fourth-order valence-electron chi connectivity index (χ4n) is 1.40. The van der Waals surface area contributed by atoms with Gasteiger partial charge in [0.05, 0.1) is 13.5 Å². The largest absolute Gasteiger partial charge is 0.466 e. The van der Waals surface area contributed by atoms with E-state index in [1.165, 1.54) is 7.11 Å². The van der Waals surface area contributed by atoms with Crippen LogP contribution in [-0.2, 0) is 11.2 Å². The van der Waals surface area contributed by atoms with Crippen LogP contribution >= 0.6 is 15.9 Å². The van der Waals surface area contributed by atoms with Crippen LogP contribution in [0.1, 0.15) is 5.56 Å². The molecule has 0 bridgehead atoms. The van der Waals surface area contributed by atoms with Crippen molar-refractivity contribution in [3.63, 3.8) is 0 Å². The molecular weight excluding hydrogens is 300 g/mol. The molecule has 0 spiro atoms. The fraction of sp³-hybridized carbons (Fsp3) is 0.182. The average molecular weight is 311 g/mol. The molecule has 2 N–H and O–H groups in total. The van der Waals surface area contributed by atoms with Crippen LogP contribution in [-0.4, -0.2) is 28.2 Å². The van der Waals surface area contributed by atoms with Crippen LogP contribution in [0.25, 0.3) is 0 Å². The number of halogens is 1. The topological polar surface area (TPSA) is 79.9 Å². The Labute approximate surface area is 112 Å². The number of hydrogen-bond acceptors (Lipinski definition) is 4. The lowest BCUT2D eigenvalue weighted by atomic mass is 10.1. The van der Waals surface area contributed by atoms with E-state index in [9.17, 15) is 4.79 Å². The van der Waals surface area contributed by atoms with Gasteiger partial charge in [0.15, 0.2) is 0 Å². The highest BCUT2D eigenvalue weighted by Crippen LogP contribution is 2.12. The molecule has 0 atom stereocenters.